The zero-order chi connectivity index (χ0) is 18.3. The Kier molecular flexibility index (Phi) is 4.36. The number of nitrogens with zero attached hydrogens (tertiary/aromatic N) is 3. The minimum absolute atomic E-state index is 0.0103. The maximum absolute atomic E-state index is 12.8. The van der Waals surface area contributed by atoms with E-state index in [1.807, 2.05) is 4.90 Å². The van der Waals surface area contributed by atoms with Crippen LogP contribution in [0.3, 0.4) is 0 Å². The van der Waals surface area contributed by atoms with E-state index < -0.39 is 6.04 Å². The van der Waals surface area contributed by atoms with Crippen molar-refractivity contribution >= 4 is 23.5 Å². The van der Waals surface area contributed by atoms with Crippen LogP contribution in [0.5, 0.6) is 0 Å². The largest absolute Gasteiger partial charge is 0.403 e. The molecule has 0 radical (unpaired) electrons. The van der Waals surface area contributed by atoms with Crippen LogP contribution in [0.25, 0.3) is 11.5 Å². The van der Waals surface area contributed by atoms with E-state index in [2.05, 4.69) is 22.4 Å². The van der Waals surface area contributed by atoms with Gasteiger partial charge in [-0.25, -0.2) is 0 Å². The predicted octanol–water partition coefficient (Wildman–Crippen LogP) is 2.97. The number of rotatable bonds is 4. The van der Waals surface area contributed by atoms with E-state index in [4.69, 9.17) is 20.8 Å². The van der Waals surface area contributed by atoms with Crippen LogP contribution in [-0.4, -0.2) is 51.8 Å². The lowest BCUT2D eigenvalue weighted by Gasteiger charge is -2.38. The van der Waals surface area contributed by atoms with E-state index >= 15 is 0 Å². The fraction of sp³-hybridized carbons (Fsp3) is 0.500. The molecule has 8 heteroatoms. The highest BCUT2D eigenvalue weighted by molar-refractivity contribution is 6.30. The van der Waals surface area contributed by atoms with Crippen LogP contribution >= 0.6 is 11.6 Å². The molecule has 26 heavy (non-hydrogen) atoms. The predicted molar refractivity (Wildman–Crippen MR) is 96.9 cm³/mol. The zero-order valence-corrected chi connectivity index (χ0v) is 15.5. The van der Waals surface area contributed by atoms with Gasteiger partial charge in [0.1, 0.15) is 6.04 Å². The third kappa shape index (κ3) is 3.17. The van der Waals surface area contributed by atoms with Gasteiger partial charge in [0.25, 0.3) is 0 Å². The zero-order valence-electron chi connectivity index (χ0n) is 14.7. The molecule has 1 spiro atoms. The lowest BCUT2D eigenvalue weighted by atomic mass is 9.92. The minimum atomic E-state index is -0.466. The Hall–Kier alpha value is -2.12. The van der Waals surface area contributed by atoms with Crippen LogP contribution < -0.4 is 5.32 Å². The molecule has 2 fully saturated rings. The quantitative estimate of drug-likeness (QED) is 0.883. The number of carbonyl (C=O) groups is 1. The van der Waals surface area contributed by atoms with Gasteiger partial charge in [-0.3, -0.25) is 4.79 Å². The van der Waals surface area contributed by atoms with Crippen LogP contribution in [-0.2, 0) is 9.53 Å². The molecule has 1 aromatic heterocycles. The number of benzene rings is 1. The fourth-order valence-corrected chi connectivity index (χ4v) is 3.76. The first-order valence-electron chi connectivity index (χ1n) is 8.76. The molecule has 3 heterocycles. The number of aromatic nitrogens is 2. The van der Waals surface area contributed by atoms with Gasteiger partial charge in [0.15, 0.2) is 0 Å². The van der Waals surface area contributed by atoms with Crippen LogP contribution in [0.4, 0.5) is 6.01 Å². The van der Waals surface area contributed by atoms with Gasteiger partial charge in [0.05, 0.1) is 18.8 Å². The number of nitrogens with one attached hydrogen (secondary N) is 1. The van der Waals surface area contributed by atoms with Gasteiger partial charge < -0.3 is 19.4 Å². The Morgan fingerprint density at radius 3 is 2.73 bits per heavy atom. The number of ether oxygens (including phenoxy) is 1. The minimum Gasteiger partial charge on any atom is -0.403 e. The number of hydrogen-bond donors (Lipinski definition) is 1. The van der Waals surface area contributed by atoms with E-state index in [0.717, 1.165) is 25.0 Å². The van der Waals surface area contributed by atoms with Gasteiger partial charge in [-0.15, -0.1) is 5.10 Å². The fourth-order valence-electron chi connectivity index (χ4n) is 3.64. The molecular formula is C18H21ClN4O3. The summed E-state index contributed by atoms with van der Waals surface area (Å²) in [5.74, 6) is 0.385. The van der Waals surface area contributed by atoms with Crippen molar-refractivity contribution in [3.05, 3.63) is 29.3 Å². The van der Waals surface area contributed by atoms with Gasteiger partial charge >= 0.3 is 6.01 Å². The molecule has 2 saturated heterocycles. The molecule has 2 aromatic rings. The van der Waals surface area contributed by atoms with E-state index in [1.54, 1.807) is 31.2 Å². The number of hydrogen-bond acceptors (Lipinski definition) is 6. The van der Waals surface area contributed by atoms with Crippen molar-refractivity contribution in [1.82, 2.24) is 15.1 Å². The second-order valence-corrected chi connectivity index (χ2v) is 7.52. The summed E-state index contributed by atoms with van der Waals surface area (Å²) in [6.07, 6.45) is 1.92. The smallest absolute Gasteiger partial charge is 0.316 e. The molecule has 1 amide bonds. The molecule has 2 aliphatic heterocycles. The van der Waals surface area contributed by atoms with Crippen LogP contribution in [0, 0.1) is 0 Å². The summed E-state index contributed by atoms with van der Waals surface area (Å²) in [6.45, 7) is 5.30. The summed E-state index contributed by atoms with van der Waals surface area (Å²) in [7, 11) is 0. The first-order chi connectivity index (χ1) is 12.5. The second kappa shape index (κ2) is 6.55. The molecule has 7 nitrogen and oxygen atoms in total. The number of carbonyl (C=O) groups excluding carboxylic acids is 1. The Balaban J connectivity index is 1.41. The summed E-state index contributed by atoms with van der Waals surface area (Å²) in [4.78, 5) is 14.7. The monoisotopic (exact) mass is 376 g/mol. The normalized spacial score (nSPS) is 26.0. The van der Waals surface area contributed by atoms with Gasteiger partial charge in [-0.1, -0.05) is 16.7 Å². The number of likely N-dealkylation sites (tertiary alicyclic amines) is 1. The summed E-state index contributed by atoms with van der Waals surface area (Å²) < 4.78 is 11.3. The molecular weight excluding hydrogens is 356 g/mol. The Labute approximate surface area is 156 Å². The number of halogens is 1. The average molecular weight is 377 g/mol. The highest BCUT2D eigenvalue weighted by Crippen LogP contribution is 2.39. The Morgan fingerprint density at radius 1 is 1.38 bits per heavy atom. The Morgan fingerprint density at radius 2 is 2.12 bits per heavy atom. The van der Waals surface area contributed by atoms with Crippen molar-refractivity contribution in [2.24, 2.45) is 0 Å². The van der Waals surface area contributed by atoms with Crippen LogP contribution in [0.2, 0.25) is 5.02 Å². The molecule has 0 aliphatic carbocycles. The summed E-state index contributed by atoms with van der Waals surface area (Å²) >= 11 is 5.89. The van der Waals surface area contributed by atoms with Gasteiger partial charge in [-0.05, 0) is 44.5 Å². The topological polar surface area (TPSA) is 80.5 Å². The number of amides is 1. The van der Waals surface area contributed by atoms with Crippen molar-refractivity contribution < 1.29 is 13.9 Å². The van der Waals surface area contributed by atoms with E-state index in [-0.39, 0.29) is 23.6 Å². The van der Waals surface area contributed by atoms with Gasteiger partial charge in [-0.2, -0.15) is 0 Å². The van der Waals surface area contributed by atoms with E-state index in [1.165, 1.54) is 0 Å². The first kappa shape index (κ1) is 17.3. The van der Waals surface area contributed by atoms with E-state index in [0.29, 0.717) is 17.5 Å². The molecule has 3 atom stereocenters. The standard InChI is InChI=1S/C18H21ClN4O3/c1-11-9-18(7-8-25-18)10-23(11)16(24)12(2)20-17-22-21-15(26-17)13-3-5-14(19)6-4-13/h3-6,11-12H,7-10H2,1-2H3,(H,20,22)/t11-,12+,18?/m0/s1. The molecule has 4 rings (SSSR count). The summed E-state index contributed by atoms with van der Waals surface area (Å²) in [5, 5.41) is 11.6. The Bertz CT molecular complexity index is 803. The van der Waals surface area contributed by atoms with Crippen LogP contribution in [0.15, 0.2) is 28.7 Å². The van der Waals surface area contributed by atoms with E-state index in [9.17, 15) is 4.79 Å². The third-order valence-corrected chi connectivity index (χ3v) is 5.39. The highest BCUT2D eigenvalue weighted by atomic mass is 35.5. The molecule has 2 aliphatic rings. The van der Waals surface area contributed by atoms with Crippen LogP contribution in [0.1, 0.15) is 26.7 Å². The van der Waals surface area contributed by atoms with Crippen molar-refractivity contribution in [2.75, 3.05) is 18.5 Å². The summed E-state index contributed by atoms with van der Waals surface area (Å²) in [6, 6.07) is 7.04. The number of anilines is 1. The van der Waals surface area contributed by atoms with Crippen molar-refractivity contribution in [1.29, 1.82) is 0 Å². The molecule has 0 bridgehead atoms. The highest BCUT2D eigenvalue weighted by Gasteiger charge is 2.49. The average Bonchev–Trinajstić information content (AvgIpc) is 3.19. The molecule has 1 N–H and O–H groups in total. The molecule has 138 valence electrons. The third-order valence-electron chi connectivity index (χ3n) is 5.13. The maximum atomic E-state index is 12.8. The second-order valence-electron chi connectivity index (χ2n) is 7.09. The lowest BCUT2D eigenvalue weighted by Crippen LogP contribution is -2.48. The van der Waals surface area contributed by atoms with Gasteiger partial charge in [0.2, 0.25) is 11.8 Å². The van der Waals surface area contributed by atoms with Crippen molar-refractivity contribution in [3.63, 3.8) is 0 Å². The lowest BCUT2D eigenvalue weighted by molar-refractivity contribution is -0.146. The first-order valence-corrected chi connectivity index (χ1v) is 9.14. The summed E-state index contributed by atoms with van der Waals surface area (Å²) in [5.41, 5.74) is 0.646. The van der Waals surface area contributed by atoms with Gasteiger partial charge in [0, 0.05) is 23.0 Å². The molecule has 0 saturated carbocycles. The van der Waals surface area contributed by atoms with Crippen molar-refractivity contribution in [2.45, 2.75) is 44.4 Å². The molecule has 1 unspecified atom stereocenters. The van der Waals surface area contributed by atoms with Crippen molar-refractivity contribution in [3.8, 4) is 11.5 Å². The maximum Gasteiger partial charge on any atom is 0.316 e. The SMILES string of the molecule is C[C@@H](Nc1nnc(-c2ccc(Cl)cc2)o1)C(=O)N1CC2(CCO2)C[C@@H]1C. The molecule has 1 aromatic carbocycles.